The van der Waals surface area contributed by atoms with E-state index >= 15 is 0 Å². The molecule has 1 unspecified atom stereocenters. The first-order chi connectivity index (χ1) is 10.1. The van der Waals surface area contributed by atoms with Crippen LogP contribution in [-0.4, -0.2) is 11.5 Å². The topological polar surface area (TPSA) is 34.1 Å². The lowest BCUT2D eigenvalue weighted by molar-refractivity contribution is 0.456. The van der Waals surface area contributed by atoms with Gasteiger partial charge in [-0.3, -0.25) is 0 Å². The van der Waals surface area contributed by atoms with E-state index in [1.165, 1.54) is 12.1 Å². The number of hydrogen-bond acceptors (Lipinski definition) is 3. The summed E-state index contributed by atoms with van der Waals surface area (Å²) >= 11 is 0. The predicted octanol–water partition coefficient (Wildman–Crippen LogP) is 4.38. The van der Waals surface area contributed by atoms with Gasteiger partial charge in [0, 0.05) is 18.3 Å². The molecule has 0 amide bonds. The van der Waals surface area contributed by atoms with Crippen LogP contribution in [0, 0.1) is 12.7 Å². The number of hydrogen-bond donors (Lipinski definition) is 1. The lowest BCUT2D eigenvalue weighted by Gasteiger charge is -2.14. The zero-order chi connectivity index (χ0) is 15.2. The van der Waals surface area contributed by atoms with E-state index in [0.29, 0.717) is 11.6 Å². The summed E-state index contributed by atoms with van der Waals surface area (Å²) in [6.07, 6.45) is 2.91. The van der Waals surface area contributed by atoms with E-state index in [2.05, 4.69) is 24.1 Å². The molecule has 0 spiro atoms. The van der Waals surface area contributed by atoms with E-state index in [1.807, 2.05) is 25.3 Å². The van der Waals surface area contributed by atoms with E-state index in [0.717, 1.165) is 24.1 Å². The van der Waals surface area contributed by atoms with Crippen molar-refractivity contribution in [3.8, 4) is 11.6 Å². The number of halogens is 1. The number of aromatic nitrogens is 1. The monoisotopic (exact) mass is 288 g/mol. The highest BCUT2D eigenvalue weighted by molar-refractivity contribution is 5.35. The van der Waals surface area contributed by atoms with Gasteiger partial charge in [-0.05, 0) is 56.1 Å². The van der Waals surface area contributed by atoms with Gasteiger partial charge >= 0.3 is 0 Å². The number of pyridine rings is 1. The van der Waals surface area contributed by atoms with Gasteiger partial charge in [0.15, 0.2) is 0 Å². The van der Waals surface area contributed by atoms with Crippen LogP contribution in [0.15, 0.2) is 36.5 Å². The molecule has 3 nitrogen and oxygen atoms in total. The maximum Gasteiger partial charge on any atom is 0.219 e. The Morgan fingerprint density at radius 1 is 1.29 bits per heavy atom. The van der Waals surface area contributed by atoms with Crippen molar-refractivity contribution < 1.29 is 9.13 Å². The largest absolute Gasteiger partial charge is 0.439 e. The first-order valence-corrected chi connectivity index (χ1v) is 7.23. The second kappa shape index (κ2) is 7.18. The molecule has 0 radical (unpaired) electrons. The van der Waals surface area contributed by atoms with Gasteiger partial charge < -0.3 is 10.1 Å². The second-order valence-electron chi connectivity index (χ2n) is 5.12. The normalized spacial score (nSPS) is 12.2. The molecule has 2 rings (SSSR count). The zero-order valence-electron chi connectivity index (χ0n) is 12.7. The molecule has 112 valence electrons. The number of nitrogens with zero attached hydrogens (tertiary/aromatic N) is 1. The van der Waals surface area contributed by atoms with Crippen molar-refractivity contribution in [3.63, 3.8) is 0 Å². The Labute approximate surface area is 125 Å². The average molecular weight is 288 g/mol. The molecule has 2 aromatic rings. The molecular weight excluding hydrogens is 267 g/mol. The van der Waals surface area contributed by atoms with Gasteiger partial charge in [0.1, 0.15) is 11.6 Å². The van der Waals surface area contributed by atoms with Gasteiger partial charge in [-0.15, -0.1) is 0 Å². The minimum absolute atomic E-state index is 0.263. The molecule has 1 aromatic carbocycles. The summed E-state index contributed by atoms with van der Waals surface area (Å²) in [5.41, 5.74) is 1.87. The third-order valence-corrected chi connectivity index (χ3v) is 3.31. The molecule has 1 heterocycles. The van der Waals surface area contributed by atoms with E-state index in [9.17, 15) is 4.39 Å². The van der Waals surface area contributed by atoms with Crippen LogP contribution in [0.25, 0.3) is 0 Å². The first-order valence-electron chi connectivity index (χ1n) is 7.23. The fourth-order valence-corrected chi connectivity index (χ4v) is 2.03. The number of aryl methyl sites for hydroxylation is 1. The summed E-state index contributed by atoms with van der Waals surface area (Å²) in [5, 5.41) is 3.41. The minimum atomic E-state index is -0.265. The highest BCUT2D eigenvalue weighted by Gasteiger charge is 2.07. The summed E-state index contributed by atoms with van der Waals surface area (Å²) in [4.78, 5) is 4.31. The Kier molecular flexibility index (Phi) is 5.28. The highest BCUT2D eigenvalue weighted by atomic mass is 19.1. The molecule has 4 heteroatoms. The van der Waals surface area contributed by atoms with Crippen molar-refractivity contribution in [1.82, 2.24) is 10.3 Å². The molecule has 0 bridgehead atoms. The third-order valence-electron chi connectivity index (χ3n) is 3.31. The summed E-state index contributed by atoms with van der Waals surface area (Å²) in [7, 11) is 0. The molecule has 0 saturated heterocycles. The van der Waals surface area contributed by atoms with Crippen molar-refractivity contribution in [2.24, 2.45) is 0 Å². The van der Waals surface area contributed by atoms with Crippen LogP contribution in [0.2, 0.25) is 0 Å². The molecule has 0 aliphatic rings. The quantitative estimate of drug-likeness (QED) is 0.856. The van der Waals surface area contributed by atoms with Crippen LogP contribution in [-0.2, 0) is 0 Å². The number of benzene rings is 1. The molecule has 0 aliphatic carbocycles. The molecule has 1 aromatic heterocycles. The van der Waals surface area contributed by atoms with Crippen molar-refractivity contribution in [1.29, 1.82) is 0 Å². The van der Waals surface area contributed by atoms with Crippen molar-refractivity contribution in [3.05, 3.63) is 53.5 Å². The fourth-order valence-electron chi connectivity index (χ4n) is 2.03. The summed E-state index contributed by atoms with van der Waals surface area (Å²) in [6.45, 7) is 7.04. The van der Waals surface area contributed by atoms with Crippen LogP contribution >= 0.6 is 0 Å². The minimum Gasteiger partial charge on any atom is -0.439 e. The summed E-state index contributed by atoms with van der Waals surface area (Å²) in [6, 6.07) is 8.54. The fraction of sp³-hybridized carbons (Fsp3) is 0.353. The van der Waals surface area contributed by atoms with E-state index in [1.54, 1.807) is 6.07 Å². The van der Waals surface area contributed by atoms with Gasteiger partial charge in [-0.2, -0.15) is 0 Å². The summed E-state index contributed by atoms with van der Waals surface area (Å²) < 4.78 is 18.7. The number of nitrogens with one attached hydrogen (secondary N) is 1. The lowest BCUT2D eigenvalue weighted by atomic mass is 10.1. The maximum absolute atomic E-state index is 13.1. The Bertz CT molecular complexity index is 584. The van der Waals surface area contributed by atoms with Crippen LogP contribution in [0.1, 0.15) is 37.4 Å². The first kappa shape index (κ1) is 15.4. The van der Waals surface area contributed by atoms with E-state index < -0.39 is 0 Å². The molecule has 21 heavy (non-hydrogen) atoms. The Balaban J connectivity index is 2.05. The van der Waals surface area contributed by atoms with Crippen LogP contribution < -0.4 is 10.1 Å². The molecule has 0 fully saturated rings. The standard InChI is InChI=1S/C17H21FN2O/c1-4-9-19-13(3)14-5-8-17(20-11-14)21-16-7-6-15(18)10-12(16)2/h5-8,10-11,13,19H,4,9H2,1-3H3. The molecule has 1 atom stereocenters. The molecule has 1 N–H and O–H groups in total. The van der Waals surface area contributed by atoms with E-state index in [4.69, 9.17) is 4.74 Å². The van der Waals surface area contributed by atoms with Crippen molar-refractivity contribution in [2.45, 2.75) is 33.2 Å². The second-order valence-corrected chi connectivity index (χ2v) is 5.12. The van der Waals surface area contributed by atoms with Crippen LogP contribution in [0.3, 0.4) is 0 Å². The van der Waals surface area contributed by atoms with Gasteiger partial charge in [-0.25, -0.2) is 9.37 Å². The van der Waals surface area contributed by atoms with Gasteiger partial charge in [0.25, 0.3) is 0 Å². The smallest absolute Gasteiger partial charge is 0.219 e. The lowest BCUT2D eigenvalue weighted by Crippen LogP contribution is -2.19. The van der Waals surface area contributed by atoms with Crippen molar-refractivity contribution in [2.75, 3.05) is 6.54 Å². The number of rotatable bonds is 6. The molecule has 0 saturated carbocycles. The third kappa shape index (κ3) is 4.26. The van der Waals surface area contributed by atoms with Gasteiger partial charge in [0.2, 0.25) is 5.88 Å². The van der Waals surface area contributed by atoms with E-state index in [-0.39, 0.29) is 11.9 Å². The Hall–Kier alpha value is -1.94. The van der Waals surface area contributed by atoms with Crippen LogP contribution in [0.4, 0.5) is 4.39 Å². The Morgan fingerprint density at radius 3 is 2.71 bits per heavy atom. The predicted molar refractivity (Wildman–Crippen MR) is 82.2 cm³/mol. The highest BCUT2D eigenvalue weighted by Crippen LogP contribution is 2.24. The zero-order valence-corrected chi connectivity index (χ0v) is 12.7. The van der Waals surface area contributed by atoms with Gasteiger partial charge in [0.05, 0.1) is 0 Å². The maximum atomic E-state index is 13.1. The van der Waals surface area contributed by atoms with Crippen LogP contribution in [0.5, 0.6) is 11.6 Å². The SMILES string of the molecule is CCCNC(C)c1ccc(Oc2ccc(F)cc2C)nc1. The van der Waals surface area contributed by atoms with Crippen molar-refractivity contribution >= 4 is 0 Å². The molecular formula is C17H21FN2O. The average Bonchev–Trinajstić information content (AvgIpc) is 2.48. The summed E-state index contributed by atoms with van der Waals surface area (Å²) in [5.74, 6) is 0.865. The molecule has 0 aliphatic heterocycles. The number of ether oxygens (including phenoxy) is 1. The van der Waals surface area contributed by atoms with Gasteiger partial charge in [-0.1, -0.05) is 13.0 Å². The Morgan fingerprint density at radius 2 is 2.10 bits per heavy atom.